The number of amides is 2. The second kappa shape index (κ2) is 7.40. The highest BCUT2D eigenvalue weighted by molar-refractivity contribution is 5.80. The van der Waals surface area contributed by atoms with E-state index in [1.54, 1.807) is 4.68 Å². The van der Waals surface area contributed by atoms with Gasteiger partial charge in [0.1, 0.15) is 6.54 Å². The second-order valence-electron chi connectivity index (χ2n) is 4.28. The lowest BCUT2D eigenvalue weighted by atomic mass is 10.3. The molecule has 1 rings (SSSR count). The molecule has 0 saturated heterocycles. The van der Waals surface area contributed by atoms with E-state index in [0.717, 1.165) is 12.1 Å². The minimum absolute atomic E-state index is 0.275. The minimum atomic E-state index is -1.01. The molecular formula is C12H20N4O3. The van der Waals surface area contributed by atoms with Crippen LogP contribution in [0.2, 0.25) is 0 Å². The van der Waals surface area contributed by atoms with Crippen LogP contribution in [0.1, 0.15) is 19.0 Å². The third-order valence-corrected chi connectivity index (χ3v) is 2.53. The molecule has 0 spiro atoms. The highest BCUT2D eigenvalue weighted by Gasteiger charge is 2.15. The van der Waals surface area contributed by atoms with Gasteiger partial charge < -0.3 is 15.3 Å². The Morgan fingerprint density at radius 2 is 2.26 bits per heavy atom. The number of hydrogen-bond donors (Lipinski definition) is 2. The second-order valence-corrected chi connectivity index (χ2v) is 4.28. The maximum Gasteiger partial charge on any atom is 0.323 e. The first-order chi connectivity index (χ1) is 9.02. The summed E-state index contributed by atoms with van der Waals surface area (Å²) in [6.45, 7) is 2.50. The van der Waals surface area contributed by atoms with Crippen LogP contribution in [0.4, 0.5) is 4.79 Å². The van der Waals surface area contributed by atoms with E-state index < -0.39 is 5.97 Å². The van der Waals surface area contributed by atoms with E-state index in [9.17, 15) is 9.59 Å². The number of carboxylic acid groups (broad SMARTS) is 1. The number of rotatable bonds is 7. The molecule has 2 amide bonds. The lowest BCUT2D eigenvalue weighted by Crippen LogP contribution is -2.43. The lowest BCUT2D eigenvalue weighted by molar-refractivity contribution is -0.137. The van der Waals surface area contributed by atoms with Crippen LogP contribution in [0.5, 0.6) is 0 Å². The van der Waals surface area contributed by atoms with Crippen molar-refractivity contribution in [2.45, 2.75) is 19.8 Å². The fourth-order valence-electron chi connectivity index (χ4n) is 1.69. The quantitative estimate of drug-likeness (QED) is 0.752. The molecule has 0 atom stereocenters. The summed E-state index contributed by atoms with van der Waals surface area (Å²) in [4.78, 5) is 23.7. The molecule has 7 heteroatoms. The van der Waals surface area contributed by atoms with Crippen molar-refractivity contribution in [1.29, 1.82) is 0 Å². The first-order valence-corrected chi connectivity index (χ1v) is 6.26. The van der Waals surface area contributed by atoms with Crippen LogP contribution in [0.15, 0.2) is 12.3 Å². The summed E-state index contributed by atoms with van der Waals surface area (Å²) in [6, 6.07) is 1.54. The van der Waals surface area contributed by atoms with Crippen LogP contribution in [-0.4, -0.2) is 51.4 Å². The smallest absolute Gasteiger partial charge is 0.323 e. The van der Waals surface area contributed by atoms with Crippen LogP contribution in [0, 0.1) is 0 Å². The molecule has 7 nitrogen and oxygen atoms in total. The Kier molecular flexibility index (Phi) is 5.84. The molecule has 19 heavy (non-hydrogen) atoms. The molecule has 0 fully saturated rings. The minimum Gasteiger partial charge on any atom is -0.480 e. The van der Waals surface area contributed by atoms with Crippen LogP contribution < -0.4 is 5.32 Å². The molecule has 1 heterocycles. The summed E-state index contributed by atoms with van der Waals surface area (Å²) in [5.74, 6) is -1.01. The topological polar surface area (TPSA) is 87.5 Å². The Morgan fingerprint density at radius 3 is 2.79 bits per heavy atom. The predicted molar refractivity (Wildman–Crippen MR) is 69.8 cm³/mol. The average Bonchev–Trinajstić information content (AvgIpc) is 2.74. The van der Waals surface area contributed by atoms with Gasteiger partial charge in [0.2, 0.25) is 0 Å². The van der Waals surface area contributed by atoms with Crippen molar-refractivity contribution < 1.29 is 14.7 Å². The van der Waals surface area contributed by atoms with Crippen LogP contribution in [0.3, 0.4) is 0 Å². The van der Waals surface area contributed by atoms with Gasteiger partial charge in [-0.1, -0.05) is 6.92 Å². The number of nitrogens with zero attached hydrogens (tertiary/aromatic N) is 3. The number of carbonyl (C=O) groups is 2. The number of carbonyl (C=O) groups excluding carboxylic acids is 1. The number of nitrogens with one attached hydrogen (secondary N) is 1. The maximum absolute atomic E-state index is 11.8. The number of aliphatic carboxylic acids is 1. The zero-order valence-corrected chi connectivity index (χ0v) is 11.3. The first-order valence-electron chi connectivity index (χ1n) is 6.26. The Labute approximate surface area is 112 Å². The molecule has 0 radical (unpaired) electrons. The van der Waals surface area contributed by atoms with Crippen molar-refractivity contribution in [3.05, 3.63) is 18.0 Å². The summed E-state index contributed by atoms with van der Waals surface area (Å²) >= 11 is 0. The van der Waals surface area contributed by atoms with Crippen molar-refractivity contribution in [1.82, 2.24) is 20.0 Å². The normalized spacial score (nSPS) is 10.2. The fourth-order valence-corrected chi connectivity index (χ4v) is 1.69. The van der Waals surface area contributed by atoms with E-state index in [-0.39, 0.29) is 12.6 Å². The Bertz CT molecular complexity index is 430. The molecule has 0 bridgehead atoms. The Balaban J connectivity index is 2.37. The van der Waals surface area contributed by atoms with Gasteiger partial charge in [0, 0.05) is 32.8 Å². The van der Waals surface area contributed by atoms with Gasteiger partial charge in [-0.25, -0.2) is 4.79 Å². The number of aromatic nitrogens is 2. The van der Waals surface area contributed by atoms with E-state index in [1.165, 1.54) is 4.90 Å². The third-order valence-electron chi connectivity index (χ3n) is 2.53. The van der Waals surface area contributed by atoms with Gasteiger partial charge in [-0.2, -0.15) is 5.10 Å². The summed E-state index contributed by atoms with van der Waals surface area (Å²) in [5.41, 5.74) is 0.892. The van der Waals surface area contributed by atoms with Gasteiger partial charge >= 0.3 is 12.0 Å². The highest BCUT2D eigenvalue weighted by Crippen LogP contribution is 1.96. The molecule has 2 N–H and O–H groups in total. The molecule has 0 aromatic carbocycles. The van der Waals surface area contributed by atoms with Gasteiger partial charge in [-0.15, -0.1) is 0 Å². The monoisotopic (exact) mass is 268 g/mol. The zero-order chi connectivity index (χ0) is 14.3. The van der Waals surface area contributed by atoms with Crippen molar-refractivity contribution in [3.8, 4) is 0 Å². The molecule has 0 aliphatic carbocycles. The van der Waals surface area contributed by atoms with Crippen molar-refractivity contribution in [2.75, 3.05) is 19.6 Å². The molecule has 1 aromatic heterocycles. The summed E-state index contributed by atoms with van der Waals surface area (Å²) in [7, 11) is 1.83. The lowest BCUT2D eigenvalue weighted by Gasteiger charge is -2.20. The van der Waals surface area contributed by atoms with Gasteiger partial charge in [0.05, 0.1) is 5.69 Å². The molecule has 106 valence electrons. The molecule has 1 aromatic rings. The molecule has 0 saturated carbocycles. The predicted octanol–water partition coefficient (Wildman–Crippen LogP) is 0.469. The van der Waals surface area contributed by atoms with Gasteiger partial charge in [-0.3, -0.25) is 9.48 Å². The molecule has 0 aliphatic rings. The molecular weight excluding hydrogens is 248 g/mol. The molecule has 0 aliphatic heterocycles. The van der Waals surface area contributed by atoms with Crippen molar-refractivity contribution in [3.63, 3.8) is 0 Å². The van der Waals surface area contributed by atoms with E-state index in [1.807, 2.05) is 26.2 Å². The SMILES string of the molecule is CCCN(CC(=O)O)C(=O)NCCc1ccn(C)n1. The first kappa shape index (κ1) is 15.0. The summed E-state index contributed by atoms with van der Waals surface area (Å²) in [6.07, 6.45) is 3.19. The van der Waals surface area contributed by atoms with Gasteiger partial charge in [0.25, 0.3) is 0 Å². The van der Waals surface area contributed by atoms with Crippen LogP contribution in [-0.2, 0) is 18.3 Å². The van der Waals surface area contributed by atoms with Gasteiger partial charge in [-0.05, 0) is 12.5 Å². The van der Waals surface area contributed by atoms with E-state index >= 15 is 0 Å². The molecule has 0 unspecified atom stereocenters. The average molecular weight is 268 g/mol. The van der Waals surface area contributed by atoms with Crippen molar-refractivity contribution >= 4 is 12.0 Å². The number of aryl methyl sites for hydroxylation is 1. The zero-order valence-electron chi connectivity index (χ0n) is 11.3. The number of hydrogen-bond acceptors (Lipinski definition) is 3. The Morgan fingerprint density at radius 1 is 1.53 bits per heavy atom. The van der Waals surface area contributed by atoms with E-state index in [2.05, 4.69) is 10.4 Å². The van der Waals surface area contributed by atoms with E-state index in [0.29, 0.717) is 19.5 Å². The van der Waals surface area contributed by atoms with Crippen LogP contribution in [0.25, 0.3) is 0 Å². The number of urea groups is 1. The van der Waals surface area contributed by atoms with E-state index in [4.69, 9.17) is 5.11 Å². The largest absolute Gasteiger partial charge is 0.480 e. The maximum atomic E-state index is 11.8. The Hall–Kier alpha value is -2.05. The summed E-state index contributed by atoms with van der Waals surface area (Å²) in [5, 5.41) is 15.6. The highest BCUT2D eigenvalue weighted by atomic mass is 16.4. The van der Waals surface area contributed by atoms with Gasteiger partial charge in [0.15, 0.2) is 0 Å². The third kappa shape index (κ3) is 5.41. The van der Waals surface area contributed by atoms with Crippen LogP contribution >= 0.6 is 0 Å². The summed E-state index contributed by atoms with van der Waals surface area (Å²) < 4.78 is 1.70. The standard InChI is InChI=1S/C12H20N4O3/c1-3-7-16(9-11(17)18)12(19)13-6-4-10-5-8-15(2)14-10/h5,8H,3-4,6-7,9H2,1-2H3,(H,13,19)(H,17,18). The van der Waals surface area contributed by atoms with Crippen molar-refractivity contribution in [2.24, 2.45) is 7.05 Å². The number of carboxylic acids is 1. The fraction of sp³-hybridized carbons (Fsp3) is 0.583.